The molecule has 2 rings (SSSR count). The van der Waals surface area contributed by atoms with Gasteiger partial charge in [0.1, 0.15) is 5.60 Å². The third kappa shape index (κ3) is 6.61. The Morgan fingerprint density at radius 3 is 2.08 bits per heavy atom. The molecule has 1 aliphatic rings. The van der Waals surface area contributed by atoms with E-state index in [1.165, 1.54) is 0 Å². The van der Waals surface area contributed by atoms with Gasteiger partial charge in [-0.3, -0.25) is 0 Å². The van der Waals surface area contributed by atoms with Crippen molar-refractivity contribution in [3.63, 3.8) is 0 Å². The number of alkyl carbamates (subject to hydrolysis) is 1. The summed E-state index contributed by atoms with van der Waals surface area (Å²) in [5, 5.41) is 17.2. The maximum Gasteiger partial charge on any atom is 0.407 e. The van der Waals surface area contributed by atoms with Crippen molar-refractivity contribution in [3.05, 3.63) is 35.9 Å². The highest BCUT2D eigenvalue weighted by atomic mass is 16.6. The molecule has 1 aromatic carbocycles. The Morgan fingerprint density at radius 2 is 1.58 bits per heavy atom. The lowest BCUT2D eigenvalue weighted by Crippen LogP contribution is -2.48. The van der Waals surface area contributed by atoms with Crippen LogP contribution in [0.3, 0.4) is 0 Å². The average Bonchev–Trinajstić information content (AvgIpc) is 2.52. The van der Waals surface area contributed by atoms with Gasteiger partial charge in [0.15, 0.2) is 0 Å². The minimum Gasteiger partial charge on any atom is -0.444 e. The lowest BCUT2D eigenvalue weighted by Gasteiger charge is -2.37. The van der Waals surface area contributed by atoms with Gasteiger partial charge in [0.25, 0.3) is 0 Å². The fourth-order valence-corrected chi connectivity index (χ4v) is 3.47. The third-order valence-corrected chi connectivity index (χ3v) is 4.69. The van der Waals surface area contributed by atoms with Gasteiger partial charge in [-0.1, -0.05) is 30.3 Å². The fourth-order valence-electron chi connectivity index (χ4n) is 3.47. The smallest absolute Gasteiger partial charge is 0.407 e. The Kier molecular flexibility index (Phi) is 6.69. The van der Waals surface area contributed by atoms with E-state index >= 15 is 0 Å². The number of ether oxygens (including phenoxy) is 1. The van der Waals surface area contributed by atoms with Crippen LogP contribution in [0.2, 0.25) is 0 Å². The van der Waals surface area contributed by atoms with E-state index in [0.717, 1.165) is 31.2 Å². The van der Waals surface area contributed by atoms with Gasteiger partial charge < -0.3 is 20.5 Å². The van der Waals surface area contributed by atoms with Gasteiger partial charge in [0.2, 0.25) is 0 Å². The molecule has 1 fully saturated rings. The first-order valence-corrected chi connectivity index (χ1v) is 9.57. The van der Waals surface area contributed by atoms with Crippen LogP contribution < -0.4 is 10.6 Å². The van der Waals surface area contributed by atoms with Crippen LogP contribution in [0.1, 0.15) is 71.9 Å². The molecule has 0 bridgehead atoms. The molecule has 1 atom stereocenters. The first-order valence-electron chi connectivity index (χ1n) is 9.57. The first kappa shape index (κ1) is 20.7. The minimum absolute atomic E-state index is 0.121. The monoisotopic (exact) mass is 362 g/mol. The lowest BCUT2D eigenvalue weighted by atomic mass is 9.87. The van der Waals surface area contributed by atoms with Crippen molar-refractivity contribution in [3.8, 4) is 0 Å². The summed E-state index contributed by atoms with van der Waals surface area (Å²) in [6.45, 7) is 9.29. The highest BCUT2D eigenvalue weighted by molar-refractivity contribution is 5.68. The van der Waals surface area contributed by atoms with E-state index in [2.05, 4.69) is 10.6 Å². The van der Waals surface area contributed by atoms with Crippen LogP contribution in [-0.2, 0) is 4.74 Å². The van der Waals surface area contributed by atoms with Gasteiger partial charge in [0.05, 0.1) is 11.6 Å². The largest absolute Gasteiger partial charge is 0.444 e. The van der Waals surface area contributed by atoms with E-state index < -0.39 is 11.2 Å². The molecule has 5 nitrogen and oxygen atoms in total. The predicted molar refractivity (Wildman–Crippen MR) is 104 cm³/mol. The summed E-state index contributed by atoms with van der Waals surface area (Å²) in [4.78, 5) is 11.9. The van der Waals surface area contributed by atoms with E-state index in [-0.39, 0.29) is 18.2 Å². The molecule has 0 saturated heterocycles. The molecule has 3 N–H and O–H groups in total. The molecule has 1 amide bonds. The maximum atomic E-state index is 11.9. The Bertz CT molecular complexity index is 567. The van der Waals surface area contributed by atoms with E-state index in [9.17, 15) is 9.90 Å². The quantitative estimate of drug-likeness (QED) is 0.742. The molecule has 0 aliphatic heterocycles. The number of carbonyl (C=O) groups is 1. The number of hydrogen-bond acceptors (Lipinski definition) is 4. The number of hydrogen-bond donors (Lipinski definition) is 3. The van der Waals surface area contributed by atoms with Crippen LogP contribution in [0.4, 0.5) is 4.79 Å². The highest BCUT2D eigenvalue weighted by Gasteiger charge is 2.32. The van der Waals surface area contributed by atoms with Gasteiger partial charge in [-0.25, -0.2) is 4.79 Å². The molecule has 0 heterocycles. The second-order valence-electron chi connectivity index (χ2n) is 8.86. The van der Waals surface area contributed by atoms with Gasteiger partial charge in [0, 0.05) is 12.1 Å². The molecule has 0 aromatic heterocycles. The van der Waals surface area contributed by atoms with Crippen molar-refractivity contribution < 1.29 is 14.6 Å². The Labute approximate surface area is 157 Å². The van der Waals surface area contributed by atoms with E-state index in [4.69, 9.17) is 4.74 Å². The number of benzene rings is 1. The van der Waals surface area contributed by atoms with Crippen LogP contribution in [0.15, 0.2) is 30.3 Å². The SMILES string of the molecule is CC(C)(C)OC(=O)NC1CCC(N[C@@H](c2ccccc2)C(C)(C)O)CC1. The van der Waals surface area contributed by atoms with Crippen molar-refractivity contribution in [2.24, 2.45) is 0 Å². The molecular formula is C21H34N2O3. The second kappa shape index (κ2) is 8.40. The van der Waals surface area contributed by atoms with Crippen LogP contribution >= 0.6 is 0 Å². The summed E-state index contributed by atoms with van der Waals surface area (Å²) in [6.07, 6.45) is 3.39. The third-order valence-electron chi connectivity index (χ3n) is 4.69. The van der Waals surface area contributed by atoms with Crippen LogP contribution in [0.25, 0.3) is 0 Å². The van der Waals surface area contributed by atoms with Crippen molar-refractivity contribution >= 4 is 6.09 Å². The summed E-state index contributed by atoms with van der Waals surface area (Å²) in [7, 11) is 0. The molecule has 26 heavy (non-hydrogen) atoms. The number of nitrogens with one attached hydrogen (secondary N) is 2. The number of amides is 1. The Balaban J connectivity index is 1.88. The summed E-state index contributed by atoms with van der Waals surface area (Å²) in [5.74, 6) is 0. The minimum atomic E-state index is -0.854. The lowest BCUT2D eigenvalue weighted by molar-refractivity contribution is 0.0290. The highest BCUT2D eigenvalue weighted by Crippen LogP contribution is 2.29. The van der Waals surface area contributed by atoms with Gasteiger partial charge in [-0.2, -0.15) is 0 Å². The van der Waals surface area contributed by atoms with Gasteiger partial charge in [-0.15, -0.1) is 0 Å². The Hall–Kier alpha value is -1.59. The topological polar surface area (TPSA) is 70.6 Å². The molecule has 1 aromatic rings. The Morgan fingerprint density at radius 1 is 1.04 bits per heavy atom. The van der Waals surface area contributed by atoms with Crippen molar-refractivity contribution in [2.45, 2.75) is 89.6 Å². The van der Waals surface area contributed by atoms with E-state index in [1.54, 1.807) is 0 Å². The molecule has 0 unspecified atom stereocenters. The molecular weight excluding hydrogens is 328 g/mol. The fraction of sp³-hybridized carbons (Fsp3) is 0.667. The van der Waals surface area contributed by atoms with Crippen LogP contribution in [0.5, 0.6) is 0 Å². The molecule has 1 aliphatic carbocycles. The molecule has 0 radical (unpaired) electrons. The zero-order valence-corrected chi connectivity index (χ0v) is 16.7. The van der Waals surface area contributed by atoms with Crippen molar-refractivity contribution in [1.29, 1.82) is 0 Å². The molecule has 1 saturated carbocycles. The average molecular weight is 363 g/mol. The van der Waals surface area contributed by atoms with Crippen molar-refractivity contribution in [2.75, 3.05) is 0 Å². The number of carbonyl (C=O) groups excluding carboxylic acids is 1. The zero-order valence-electron chi connectivity index (χ0n) is 16.7. The van der Waals surface area contributed by atoms with Gasteiger partial charge >= 0.3 is 6.09 Å². The van der Waals surface area contributed by atoms with Crippen LogP contribution in [0, 0.1) is 0 Å². The zero-order chi connectivity index (χ0) is 19.4. The van der Waals surface area contributed by atoms with Gasteiger partial charge in [-0.05, 0) is 65.9 Å². The van der Waals surface area contributed by atoms with Crippen LogP contribution in [-0.4, -0.2) is 34.5 Å². The summed E-state index contributed by atoms with van der Waals surface area (Å²) < 4.78 is 5.34. The summed E-state index contributed by atoms with van der Waals surface area (Å²) in [6, 6.07) is 10.4. The second-order valence-corrected chi connectivity index (χ2v) is 8.86. The van der Waals surface area contributed by atoms with E-state index in [0.29, 0.717) is 6.04 Å². The summed E-state index contributed by atoms with van der Waals surface area (Å²) in [5.41, 5.74) is -0.236. The normalized spacial score (nSPS) is 22.5. The maximum absolute atomic E-state index is 11.9. The number of aliphatic hydroxyl groups is 1. The molecule has 146 valence electrons. The predicted octanol–water partition coefficient (Wildman–Crippen LogP) is 3.92. The molecule has 5 heteroatoms. The summed E-state index contributed by atoms with van der Waals surface area (Å²) >= 11 is 0. The number of rotatable bonds is 5. The van der Waals surface area contributed by atoms with E-state index in [1.807, 2.05) is 65.0 Å². The first-order chi connectivity index (χ1) is 12.0. The standard InChI is InChI=1S/C21H34N2O3/c1-20(2,3)26-19(24)23-17-13-11-16(12-14-17)22-18(21(4,5)25)15-9-7-6-8-10-15/h6-10,16-18,22,25H,11-14H2,1-5H3,(H,23,24)/t16?,17?,18-/m0/s1. The van der Waals surface area contributed by atoms with Crippen molar-refractivity contribution in [1.82, 2.24) is 10.6 Å². The molecule has 0 spiro atoms.